The molecule has 1 heterocycles. The molecule has 1 N–H and O–H groups in total. The van der Waals surface area contributed by atoms with Crippen LogP contribution in [0.3, 0.4) is 0 Å². The maximum Gasteiger partial charge on any atom is 0.261 e. The van der Waals surface area contributed by atoms with Gasteiger partial charge < -0.3 is 4.90 Å². The summed E-state index contributed by atoms with van der Waals surface area (Å²) < 4.78 is 40.9. The minimum absolute atomic E-state index is 0.0306. The smallest absolute Gasteiger partial charge is 0.261 e. The molecule has 0 saturated carbocycles. The average molecular weight is 405 g/mol. The van der Waals surface area contributed by atoms with Crippen LogP contribution in [0.2, 0.25) is 0 Å². The Labute approximate surface area is 165 Å². The van der Waals surface area contributed by atoms with Crippen molar-refractivity contribution in [3.63, 3.8) is 0 Å². The first-order chi connectivity index (χ1) is 13.3. The van der Waals surface area contributed by atoms with Crippen LogP contribution in [0.1, 0.15) is 24.2 Å². The van der Waals surface area contributed by atoms with Crippen LogP contribution in [0, 0.1) is 5.82 Å². The second-order valence-electron chi connectivity index (χ2n) is 7.03. The second kappa shape index (κ2) is 8.28. The molecule has 28 heavy (non-hydrogen) atoms. The predicted molar refractivity (Wildman–Crippen MR) is 106 cm³/mol. The number of carbonyl (C=O) groups excluding carboxylic acids is 1. The third-order valence-corrected chi connectivity index (χ3v) is 6.24. The molecule has 1 fully saturated rings. The number of carbonyl (C=O) groups is 1. The van der Waals surface area contributed by atoms with Crippen LogP contribution in [0.25, 0.3) is 0 Å². The molecule has 0 aromatic heterocycles. The lowest BCUT2D eigenvalue weighted by molar-refractivity contribution is 0.0595. The van der Waals surface area contributed by atoms with E-state index in [2.05, 4.69) is 23.5 Å². The first-order valence-corrected chi connectivity index (χ1v) is 10.7. The summed E-state index contributed by atoms with van der Waals surface area (Å²) in [5, 5.41) is 0. The number of rotatable bonds is 5. The highest BCUT2D eigenvalue weighted by Gasteiger charge is 2.24. The molecule has 0 bridgehead atoms. The number of piperazine rings is 1. The van der Waals surface area contributed by atoms with E-state index < -0.39 is 15.8 Å². The molecule has 1 saturated heterocycles. The zero-order valence-electron chi connectivity index (χ0n) is 15.9. The van der Waals surface area contributed by atoms with Crippen LogP contribution in [0.4, 0.5) is 10.1 Å². The summed E-state index contributed by atoms with van der Waals surface area (Å²) in [5.74, 6) is -0.771. The Morgan fingerprint density at radius 1 is 1.00 bits per heavy atom. The Morgan fingerprint density at radius 2 is 1.61 bits per heavy atom. The van der Waals surface area contributed by atoms with Gasteiger partial charge in [0.15, 0.2) is 0 Å². The maximum absolute atomic E-state index is 13.7. The van der Waals surface area contributed by atoms with Gasteiger partial charge in [-0.1, -0.05) is 12.1 Å². The van der Waals surface area contributed by atoms with E-state index in [1.165, 1.54) is 42.5 Å². The van der Waals surface area contributed by atoms with E-state index >= 15 is 0 Å². The second-order valence-corrected chi connectivity index (χ2v) is 8.71. The Morgan fingerprint density at radius 3 is 2.18 bits per heavy atom. The van der Waals surface area contributed by atoms with E-state index in [9.17, 15) is 17.6 Å². The number of amides is 1. The highest BCUT2D eigenvalue weighted by Crippen LogP contribution is 2.20. The quantitative estimate of drug-likeness (QED) is 0.831. The van der Waals surface area contributed by atoms with Crippen LogP contribution >= 0.6 is 0 Å². The molecule has 2 aromatic rings. The van der Waals surface area contributed by atoms with Gasteiger partial charge in [0.05, 0.1) is 10.6 Å². The van der Waals surface area contributed by atoms with Crippen LogP contribution in [0.15, 0.2) is 53.4 Å². The highest BCUT2D eigenvalue weighted by atomic mass is 32.2. The number of hydrogen-bond acceptors (Lipinski definition) is 4. The molecule has 0 radical (unpaired) electrons. The van der Waals surface area contributed by atoms with E-state index in [4.69, 9.17) is 0 Å². The fourth-order valence-corrected chi connectivity index (χ4v) is 4.22. The largest absolute Gasteiger partial charge is 0.336 e. The molecule has 150 valence electrons. The summed E-state index contributed by atoms with van der Waals surface area (Å²) in [5.41, 5.74) is 0.313. The van der Waals surface area contributed by atoms with Gasteiger partial charge in [0.2, 0.25) is 0 Å². The molecule has 1 amide bonds. The summed E-state index contributed by atoms with van der Waals surface area (Å²) in [6.45, 7) is 7.20. The van der Waals surface area contributed by atoms with Gasteiger partial charge in [0, 0.05) is 37.8 Å². The van der Waals surface area contributed by atoms with Crippen LogP contribution in [0.5, 0.6) is 0 Å². The number of halogens is 1. The van der Waals surface area contributed by atoms with Crippen molar-refractivity contribution in [3.05, 3.63) is 59.9 Å². The monoisotopic (exact) mass is 405 g/mol. The van der Waals surface area contributed by atoms with Gasteiger partial charge in [0.25, 0.3) is 15.9 Å². The fourth-order valence-electron chi connectivity index (χ4n) is 3.15. The Balaban J connectivity index is 1.69. The van der Waals surface area contributed by atoms with Gasteiger partial charge in [0.1, 0.15) is 5.82 Å². The number of sulfonamides is 1. The van der Waals surface area contributed by atoms with Gasteiger partial charge in [-0.05, 0) is 50.2 Å². The van der Waals surface area contributed by atoms with Crippen molar-refractivity contribution in [2.45, 2.75) is 24.8 Å². The van der Waals surface area contributed by atoms with Gasteiger partial charge in [-0.2, -0.15) is 0 Å². The highest BCUT2D eigenvalue weighted by molar-refractivity contribution is 7.92. The minimum Gasteiger partial charge on any atom is -0.336 e. The summed E-state index contributed by atoms with van der Waals surface area (Å²) >= 11 is 0. The third-order valence-electron chi connectivity index (χ3n) is 4.86. The Bertz CT molecular complexity index is 937. The molecule has 1 aliphatic heterocycles. The summed E-state index contributed by atoms with van der Waals surface area (Å²) in [6.07, 6.45) is 0. The Hall–Kier alpha value is -2.45. The van der Waals surface area contributed by atoms with E-state index in [1.54, 1.807) is 11.0 Å². The van der Waals surface area contributed by atoms with Crippen LogP contribution in [-0.4, -0.2) is 56.3 Å². The summed E-state index contributed by atoms with van der Waals surface area (Å²) in [4.78, 5) is 16.7. The van der Waals surface area contributed by atoms with E-state index in [0.29, 0.717) is 24.7 Å². The Kier molecular flexibility index (Phi) is 6.00. The summed E-state index contributed by atoms with van der Waals surface area (Å²) in [6, 6.07) is 11.7. The number of anilines is 1. The molecule has 1 aliphatic rings. The number of para-hydroxylation sites is 1. The molecule has 3 rings (SSSR count). The molecule has 6 nitrogen and oxygen atoms in total. The predicted octanol–water partition coefficient (Wildman–Crippen LogP) is 2.79. The molecule has 0 spiro atoms. The minimum atomic E-state index is -3.94. The number of nitrogens with zero attached hydrogens (tertiary/aromatic N) is 2. The molecule has 0 atom stereocenters. The van der Waals surface area contributed by atoms with Crippen LogP contribution in [-0.2, 0) is 10.0 Å². The van der Waals surface area contributed by atoms with Crippen molar-refractivity contribution in [1.29, 1.82) is 0 Å². The van der Waals surface area contributed by atoms with Crippen molar-refractivity contribution in [2.24, 2.45) is 0 Å². The number of hydrogen-bond donors (Lipinski definition) is 1. The number of benzene rings is 2. The molecular formula is C20H24FN3O3S. The lowest BCUT2D eigenvalue weighted by Gasteiger charge is -2.37. The fraction of sp³-hybridized carbons (Fsp3) is 0.350. The third kappa shape index (κ3) is 4.51. The van der Waals surface area contributed by atoms with E-state index in [-0.39, 0.29) is 16.5 Å². The first-order valence-electron chi connectivity index (χ1n) is 9.18. The molecular weight excluding hydrogens is 381 g/mol. The molecule has 0 aliphatic carbocycles. The first kappa shape index (κ1) is 20.3. The van der Waals surface area contributed by atoms with Crippen LogP contribution < -0.4 is 4.72 Å². The van der Waals surface area contributed by atoms with Crippen molar-refractivity contribution in [2.75, 3.05) is 30.9 Å². The van der Waals surface area contributed by atoms with Gasteiger partial charge >= 0.3 is 0 Å². The van der Waals surface area contributed by atoms with Crippen molar-refractivity contribution >= 4 is 21.6 Å². The zero-order chi connectivity index (χ0) is 20.3. The van der Waals surface area contributed by atoms with Crippen molar-refractivity contribution in [1.82, 2.24) is 9.80 Å². The molecule has 8 heteroatoms. The van der Waals surface area contributed by atoms with Gasteiger partial charge in [-0.25, -0.2) is 12.8 Å². The molecule has 2 aromatic carbocycles. The van der Waals surface area contributed by atoms with Crippen molar-refractivity contribution in [3.8, 4) is 0 Å². The van der Waals surface area contributed by atoms with E-state index in [1.807, 2.05) is 0 Å². The standard InChI is InChI=1S/C20H24FN3O3S/c1-15(2)23-11-13-24(14-12-23)20(25)16-7-9-17(10-8-16)28(26,27)22-19-6-4-3-5-18(19)21/h3-10,15,22H,11-14H2,1-2H3. The lowest BCUT2D eigenvalue weighted by Crippen LogP contribution is -2.50. The maximum atomic E-state index is 13.7. The van der Waals surface area contributed by atoms with E-state index in [0.717, 1.165) is 13.1 Å². The number of nitrogens with one attached hydrogen (secondary N) is 1. The SMILES string of the molecule is CC(C)N1CCN(C(=O)c2ccc(S(=O)(=O)Nc3ccccc3F)cc2)CC1. The van der Waals surface area contributed by atoms with Gasteiger partial charge in [-0.3, -0.25) is 14.4 Å². The average Bonchev–Trinajstić information content (AvgIpc) is 2.69. The normalized spacial score (nSPS) is 15.6. The summed E-state index contributed by atoms with van der Waals surface area (Å²) in [7, 11) is -3.94. The lowest BCUT2D eigenvalue weighted by atomic mass is 10.1. The topological polar surface area (TPSA) is 69.7 Å². The van der Waals surface area contributed by atoms with Crippen molar-refractivity contribution < 1.29 is 17.6 Å². The zero-order valence-corrected chi connectivity index (χ0v) is 16.7. The molecule has 0 unspecified atom stereocenters. The van der Waals surface area contributed by atoms with Gasteiger partial charge in [-0.15, -0.1) is 0 Å².